The van der Waals surface area contributed by atoms with Crippen LogP contribution in [-0.4, -0.2) is 53.5 Å². The minimum Gasteiger partial charge on any atom is -0.481 e. The van der Waals surface area contributed by atoms with Crippen LogP contribution in [0.15, 0.2) is 4.42 Å². The fraction of sp³-hybridized carbons (Fsp3) is 0.765. The van der Waals surface area contributed by atoms with Gasteiger partial charge in [0.25, 0.3) is 0 Å². The number of ether oxygens (including phenoxy) is 1. The van der Waals surface area contributed by atoms with E-state index < -0.39 is 5.97 Å². The molecule has 0 saturated carbocycles. The Balaban J connectivity index is 1.51. The van der Waals surface area contributed by atoms with Crippen LogP contribution in [0.5, 0.6) is 0 Å². The number of carbonyl (C=O) groups is 2. The van der Waals surface area contributed by atoms with Crippen LogP contribution in [0.4, 0.5) is 6.01 Å². The van der Waals surface area contributed by atoms with Gasteiger partial charge in [-0.2, -0.15) is 0 Å². The normalized spacial score (nSPS) is 14.4. The molecule has 2 heterocycles. The first-order chi connectivity index (χ1) is 12.6. The molecular formula is C17H28N4O5. The second-order valence-corrected chi connectivity index (χ2v) is 6.37. The van der Waals surface area contributed by atoms with E-state index in [2.05, 4.69) is 15.5 Å². The Kier molecular flexibility index (Phi) is 8.88. The number of hydrogen-bond donors (Lipinski definition) is 2. The summed E-state index contributed by atoms with van der Waals surface area (Å²) in [6, 6.07) is 0.473. The van der Waals surface area contributed by atoms with Crippen molar-refractivity contribution in [3.05, 3.63) is 5.89 Å². The Morgan fingerprint density at radius 1 is 1.00 bits per heavy atom. The first-order valence-corrected chi connectivity index (χ1v) is 9.28. The van der Waals surface area contributed by atoms with Gasteiger partial charge >= 0.3 is 12.0 Å². The Labute approximate surface area is 153 Å². The third-order valence-corrected chi connectivity index (χ3v) is 4.22. The molecule has 1 saturated heterocycles. The number of aromatic nitrogens is 2. The number of anilines is 1. The van der Waals surface area contributed by atoms with Crippen molar-refractivity contribution >= 4 is 17.9 Å². The number of nitrogens with zero attached hydrogens (tertiary/aromatic N) is 3. The number of hydrogen-bond acceptors (Lipinski definition) is 7. The molecule has 0 aliphatic carbocycles. The summed E-state index contributed by atoms with van der Waals surface area (Å²) in [7, 11) is 0. The predicted molar refractivity (Wildman–Crippen MR) is 93.7 cm³/mol. The van der Waals surface area contributed by atoms with Gasteiger partial charge in [0, 0.05) is 25.9 Å². The van der Waals surface area contributed by atoms with Gasteiger partial charge in [-0.3, -0.25) is 9.59 Å². The summed E-state index contributed by atoms with van der Waals surface area (Å²) in [5, 5.41) is 19.3. The van der Waals surface area contributed by atoms with Gasteiger partial charge in [-0.25, -0.2) is 0 Å². The van der Waals surface area contributed by atoms with E-state index >= 15 is 0 Å². The van der Waals surface area contributed by atoms with Crippen LogP contribution in [0, 0.1) is 0 Å². The number of carboxylic acid groups (broad SMARTS) is 1. The second kappa shape index (κ2) is 11.5. The summed E-state index contributed by atoms with van der Waals surface area (Å²) in [6.07, 6.45) is 6.22. The highest BCUT2D eigenvalue weighted by atomic mass is 16.5. The third-order valence-electron chi connectivity index (χ3n) is 4.22. The maximum absolute atomic E-state index is 11.8. The predicted octanol–water partition coefficient (Wildman–Crippen LogP) is 1.73. The lowest BCUT2D eigenvalue weighted by atomic mass is 10.1. The van der Waals surface area contributed by atoms with Crippen molar-refractivity contribution in [2.75, 3.05) is 31.2 Å². The molecule has 0 radical (unpaired) electrons. The molecule has 26 heavy (non-hydrogen) atoms. The molecule has 146 valence electrons. The number of aliphatic carboxylic acids is 1. The van der Waals surface area contributed by atoms with Crippen LogP contribution in [0.25, 0.3) is 0 Å². The molecule has 1 aromatic heterocycles. The molecule has 0 aromatic carbocycles. The van der Waals surface area contributed by atoms with Gasteiger partial charge in [-0.1, -0.05) is 30.8 Å². The Morgan fingerprint density at radius 3 is 2.35 bits per heavy atom. The first-order valence-electron chi connectivity index (χ1n) is 9.28. The van der Waals surface area contributed by atoms with Gasteiger partial charge in [0.2, 0.25) is 11.8 Å². The maximum atomic E-state index is 11.8. The van der Waals surface area contributed by atoms with Crippen LogP contribution in [-0.2, 0) is 20.9 Å². The number of morpholine rings is 1. The zero-order valence-corrected chi connectivity index (χ0v) is 15.1. The molecular weight excluding hydrogens is 340 g/mol. The molecule has 9 nitrogen and oxygen atoms in total. The molecule has 1 aromatic rings. The van der Waals surface area contributed by atoms with E-state index in [9.17, 15) is 9.59 Å². The molecule has 0 bridgehead atoms. The van der Waals surface area contributed by atoms with Crippen LogP contribution in [0.1, 0.15) is 57.3 Å². The van der Waals surface area contributed by atoms with Crippen molar-refractivity contribution in [1.29, 1.82) is 0 Å². The third kappa shape index (κ3) is 7.81. The summed E-state index contributed by atoms with van der Waals surface area (Å²) in [4.78, 5) is 24.2. The summed E-state index contributed by atoms with van der Waals surface area (Å²) < 4.78 is 10.8. The van der Waals surface area contributed by atoms with E-state index in [1.165, 1.54) is 0 Å². The molecule has 2 rings (SSSR count). The number of amides is 1. The van der Waals surface area contributed by atoms with Crippen molar-refractivity contribution in [2.45, 2.75) is 57.9 Å². The lowest BCUT2D eigenvalue weighted by molar-refractivity contribution is -0.137. The van der Waals surface area contributed by atoms with Gasteiger partial charge in [0.15, 0.2) is 0 Å². The summed E-state index contributed by atoms with van der Waals surface area (Å²) in [6.45, 7) is 2.99. The monoisotopic (exact) mass is 368 g/mol. The smallest absolute Gasteiger partial charge is 0.318 e. The number of nitrogens with one attached hydrogen (secondary N) is 1. The van der Waals surface area contributed by atoms with E-state index in [1.807, 2.05) is 4.90 Å². The van der Waals surface area contributed by atoms with E-state index in [1.54, 1.807) is 0 Å². The van der Waals surface area contributed by atoms with Crippen molar-refractivity contribution in [1.82, 2.24) is 15.5 Å². The van der Waals surface area contributed by atoms with Crippen molar-refractivity contribution in [3.8, 4) is 0 Å². The summed E-state index contributed by atoms with van der Waals surface area (Å²) in [5.41, 5.74) is 0. The topological polar surface area (TPSA) is 118 Å². The highest BCUT2D eigenvalue weighted by Crippen LogP contribution is 2.13. The molecule has 1 aliphatic rings. The van der Waals surface area contributed by atoms with E-state index in [4.69, 9.17) is 14.3 Å². The van der Waals surface area contributed by atoms with Gasteiger partial charge in [-0.15, -0.1) is 5.10 Å². The van der Waals surface area contributed by atoms with E-state index in [0.717, 1.165) is 51.6 Å². The quantitative estimate of drug-likeness (QED) is 0.536. The van der Waals surface area contributed by atoms with Crippen molar-refractivity contribution < 1.29 is 23.8 Å². The molecule has 1 aliphatic heterocycles. The number of carboxylic acids is 1. The minimum atomic E-state index is -0.736. The lowest BCUT2D eigenvalue weighted by Gasteiger charge is -2.24. The molecule has 0 unspecified atom stereocenters. The fourth-order valence-corrected chi connectivity index (χ4v) is 2.73. The maximum Gasteiger partial charge on any atom is 0.318 e. The highest BCUT2D eigenvalue weighted by molar-refractivity contribution is 5.75. The SMILES string of the molecule is O=C(O)CCCCCCCCC(=O)NCc1nnc(N2CCOCC2)o1. The van der Waals surface area contributed by atoms with Gasteiger partial charge in [0.1, 0.15) is 0 Å². The summed E-state index contributed by atoms with van der Waals surface area (Å²) in [5.74, 6) is -0.361. The average Bonchev–Trinajstić information content (AvgIpc) is 3.12. The molecule has 0 atom stereocenters. The zero-order valence-electron chi connectivity index (χ0n) is 15.1. The molecule has 1 fully saturated rings. The fourth-order valence-electron chi connectivity index (χ4n) is 2.73. The number of carbonyl (C=O) groups excluding carboxylic acids is 1. The standard InChI is InChI=1S/C17H28N4O5/c22-14(7-5-3-1-2-4-6-8-16(23)24)18-13-15-19-20-17(26-15)21-9-11-25-12-10-21/h1-13H2,(H,18,22)(H,23,24). The van der Waals surface area contributed by atoms with Crippen molar-refractivity contribution in [2.24, 2.45) is 0 Å². The van der Waals surface area contributed by atoms with Gasteiger partial charge < -0.3 is 24.5 Å². The Hall–Kier alpha value is -2.16. The average molecular weight is 368 g/mol. The van der Waals surface area contributed by atoms with Gasteiger partial charge in [-0.05, 0) is 12.8 Å². The van der Waals surface area contributed by atoms with Crippen LogP contribution in [0.2, 0.25) is 0 Å². The summed E-state index contributed by atoms with van der Waals surface area (Å²) >= 11 is 0. The lowest BCUT2D eigenvalue weighted by Crippen LogP contribution is -2.36. The molecule has 1 amide bonds. The minimum absolute atomic E-state index is 0.0259. The van der Waals surface area contributed by atoms with Crippen LogP contribution in [0.3, 0.4) is 0 Å². The molecule has 0 spiro atoms. The Bertz CT molecular complexity index is 557. The second-order valence-electron chi connectivity index (χ2n) is 6.37. The largest absolute Gasteiger partial charge is 0.481 e. The first kappa shape index (κ1) is 20.2. The van der Waals surface area contributed by atoms with Gasteiger partial charge in [0.05, 0.1) is 19.8 Å². The Morgan fingerprint density at radius 2 is 1.65 bits per heavy atom. The molecule has 2 N–H and O–H groups in total. The van der Waals surface area contributed by atoms with Crippen LogP contribution < -0.4 is 10.2 Å². The van der Waals surface area contributed by atoms with E-state index in [-0.39, 0.29) is 18.9 Å². The van der Waals surface area contributed by atoms with Crippen LogP contribution >= 0.6 is 0 Å². The number of rotatable bonds is 12. The van der Waals surface area contributed by atoms with E-state index in [0.29, 0.717) is 31.5 Å². The highest BCUT2D eigenvalue weighted by Gasteiger charge is 2.17. The zero-order chi connectivity index (χ0) is 18.6. The molecule has 9 heteroatoms. The number of unbranched alkanes of at least 4 members (excludes halogenated alkanes) is 5. The van der Waals surface area contributed by atoms with Crippen molar-refractivity contribution in [3.63, 3.8) is 0 Å².